The van der Waals surface area contributed by atoms with Gasteiger partial charge in [0.15, 0.2) is 5.16 Å². The Morgan fingerprint density at radius 2 is 2.05 bits per heavy atom. The van der Waals surface area contributed by atoms with E-state index in [1.54, 1.807) is 11.8 Å². The second-order valence-corrected chi connectivity index (χ2v) is 6.84. The van der Waals surface area contributed by atoms with E-state index in [-0.39, 0.29) is 0 Å². The van der Waals surface area contributed by atoms with Gasteiger partial charge in [-0.25, -0.2) is 19.9 Å². The van der Waals surface area contributed by atoms with E-state index in [1.807, 2.05) is 25.4 Å². The van der Waals surface area contributed by atoms with E-state index < -0.39 is 0 Å². The topological polar surface area (TPSA) is 54.8 Å². The number of aromatic nitrogens is 4. The van der Waals surface area contributed by atoms with Crippen molar-refractivity contribution in [1.82, 2.24) is 19.9 Å². The van der Waals surface area contributed by atoms with Crippen LogP contribution in [0.1, 0.15) is 36.6 Å². The minimum atomic E-state index is 0.573. The Balaban J connectivity index is 1.83. The first kappa shape index (κ1) is 15.2. The van der Waals surface area contributed by atoms with E-state index in [2.05, 4.69) is 33.7 Å². The van der Waals surface area contributed by atoms with Crippen LogP contribution in [0, 0.1) is 12.8 Å². The molecule has 0 saturated carbocycles. The van der Waals surface area contributed by atoms with Crippen LogP contribution < -0.4 is 4.90 Å². The lowest BCUT2D eigenvalue weighted by atomic mass is 10.1. The molecule has 2 aromatic heterocycles. The summed E-state index contributed by atoms with van der Waals surface area (Å²) in [7, 11) is 0. The zero-order chi connectivity index (χ0) is 15.7. The highest BCUT2D eigenvalue weighted by Crippen LogP contribution is 2.27. The van der Waals surface area contributed by atoms with Crippen LogP contribution in [0.4, 0.5) is 5.82 Å². The van der Waals surface area contributed by atoms with Gasteiger partial charge in [-0.3, -0.25) is 0 Å². The maximum absolute atomic E-state index is 4.73. The lowest BCUT2D eigenvalue weighted by molar-refractivity contribution is 0.617. The normalized spacial score (nSPS) is 13.8. The van der Waals surface area contributed by atoms with Crippen LogP contribution in [-0.2, 0) is 19.5 Å². The molecular weight excluding hydrogens is 294 g/mol. The Hall–Kier alpha value is -1.69. The lowest BCUT2D eigenvalue weighted by Crippen LogP contribution is -2.17. The fourth-order valence-electron chi connectivity index (χ4n) is 2.60. The summed E-state index contributed by atoms with van der Waals surface area (Å²) in [5.41, 5.74) is 3.33. The molecule has 22 heavy (non-hydrogen) atoms. The van der Waals surface area contributed by atoms with Crippen molar-refractivity contribution >= 4 is 17.6 Å². The molecule has 5 nitrogen and oxygen atoms in total. The Labute approximate surface area is 135 Å². The zero-order valence-electron chi connectivity index (χ0n) is 13.5. The number of anilines is 1. The molecule has 0 amide bonds. The van der Waals surface area contributed by atoms with Gasteiger partial charge in [0, 0.05) is 36.5 Å². The van der Waals surface area contributed by atoms with Crippen LogP contribution in [-0.4, -0.2) is 26.2 Å². The molecule has 0 aromatic carbocycles. The number of fused-ring (bicyclic) bond motifs is 1. The van der Waals surface area contributed by atoms with Crippen molar-refractivity contribution in [3.63, 3.8) is 0 Å². The number of hydrogen-bond donors (Lipinski definition) is 0. The molecule has 0 aliphatic carbocycles. The highest BCUT2D eigenvalue weighted by molar-refractivity contribution is 7.98. The fraction of sp³-hybridized carbons (Fsp3) is 0.500. The smallest absolute Gasteiger partial charge is 0.189 e. The monoisotopic (exact) mass is 315 g/mol. The molecule has 6 heteroatoms. The minimum Gasteiger partial charge on any atom is -0.346 e. The molecule has 0 atom stereocenters. The van der Waals surface area contributed by atoms with E-state index in [0.29, 0.717) is 5.92 Å². The largest absolute Gasteiger partial charge is 0.346 e. The number of rotatable bonds is 4. The number of nitrogens with zero attached hydrogens (tertiary/aromatic N) is 5. The van der Waals surface area contributed by atoms with E-state index in [0.717, 1.165) is 47.7 Å². The highest BCUT2D eigenvalue weighted by atomic mass is 32.2. The van der Waals surface area contributed by atoms with E-state index in [9.17, 15) is 0 Å². The minimum absolute atomic E-state index is 0.573. The van der Waals surface area contributed by atoms with Crippen LogP contribution in [0.15, 0.2) is 17.4 Å². The Bertz CT molecular complexity index is 686. The molecule has 1 aliphatic rings. The maximum atomic E-state index is 4.73. The van der Waals surface area contributed by atoms with Crippen LogP contribution in [0.2, 0.25) is 0 Å². The van der Waals surface area contributed by atoms with Gasteiger partial charge in [-0.15, -0.1) is 0 Å². The molecule has 1 aliphatic heterocycles. The van der Waals surface area contributed by atoms with E-state index >= 15 is 0 Å². The average molecular weight is 315 g/mol. The second kappa shape index (κ2) is 6.20. The van der Waals surface area contributed by atoms with Gasteiger partial charge >= 0.3 is 0 Å². The Morgan fingerprint density at radius 1 is 1.23 bits per heavy atom. The molecule has 3 heterocycles. The SMILES string of the molecule is CSc1nc(C)cc(N2Cc3cnc(CC(C)C)nc3C2)n1. The number of thioether (sulfide) groups is 1. The molecular formula is C16H21N5S. The first-order valence-corrected chi connectivity index (χ1v) is 8.76. The fourth-order valence-corrected chi connectivity index (χ4v) is 3.02. The molecule has 3 rings (SSSR count). The predicted octanol–water partition coefficient (Wildman–Crippen LogP) is 3.02. The van der Waals surface area contributed by atoms with Gasteiger partial charge in [-0.05, 0) is 19.1 Å². The van der Waals surface area contributed by atoms with Gasteiger partial charge in [0.2, 0.25) is 0 Å². The van der Waals surface area contributed by atoms with Gasteiger partial charge in [-0.2, -0.15) is 0 Å². The summed E-state index contributed by atoms with van der Waals surface area (Å²) in [5, 5.41) is 0.817. The van der Waals surface area contributed by atoms with Crippen molar-refractivity contribution in [2.75, 3.05) is 11.2 Å². The van der Waals surface area contributed by atoms with Gasteiger partial charge in [-0.1, -0.05) is 25.6 Å². The summed E-state index contributed by atoms with van der Waals surface area (Å²) in [6, 6.07) is 2.04. The van der Waals surface area contributed by atoms with Crippen molar-refractivity contribution in [2.45, 2.75) is 45.4 Å². The van der Waals surface area contributed by atoms with Gasteiger partial charge in [0.25, 0.3) is 0 Å². The molecule has 0 N–H and O–H groups in total. The quantitative estimate of drug-likeness (QED) is 0.638. The van der Waals surface area contributed by atoms with Crippen LogP contribution >= 0.6 is 11.8 Å². The van der Waals surface area contributed by atoms with Crippen molar-refractivity contribution in [3.8, 4) is 0 Å². The summed E-state index contributed by atoms with van der Waals surface area (Å²) < 4.78 is 0. The molecule has 0 bridgehead atoms. The van der Waals surface area contributed by atoms with Crippen molar-refractivity contribution < 1.29 is 0 Å². The van der Waals surface area contributed by atoms with Crippen molar-refractivity contribution in [2.24, 2.45) is 5.92 Å². The molecule has 116 valence electrons. The highest BCUT2D eigenvalue weighted by Gasteiger charge is 2.23. The first-order valence-electron chi connectivity index (χ1n) is 7.53. The summed E-state index contributed by atoms with van der Waals surface area (Å²) in [6.45, 7) is 8.01. The summed E-state index contributed by atoms with van der Waals surface area (Å²) in [6.07, 6.45) is 4.90. The summed E-state index contributed by atoms with van der Waals surface area (Å²) >= 11 is 1.57. The molecule has 0 saturated heterocycles. The molecule has 0 spiro atoms. The molecule has 0 radical (unpaired) electrons. The van der Waals surface area contributed by atoms with Gasteiger partial charge in [0.1, 0.15) is 11.6 Å². The zero-order valence-corrected chi connectivity index (χ0v) is 14.3. The van der Waals surface area contributed by atoms with E-state index in [4.69, 9.17) is 4.98 Å². The third kappa shape index (κ3) is 3.21. The van der Waals surface area contributed by atoms with Gasteiger partial charge in [0.05, 0.1) is 12.2 Å². The summed E-state index contributed by atoms with van der Waals surface area (Å²) in [5.74, 6) is 2.49. The predicted molar refractivity (Wildman–Crippen MR) is 89.0 cm³/mol. The summed E-state index contributed by atoms with van der Waals surface area (Å²) in [4.78, 5) is 20.5. The molecule has 0 fully saturated rings. The second-order valence-electron chi connectivity index (χ2n) is 6.07. The number of hydrogen-bond acceptors (Lipinski definition) is 6. The Morgan fingerprint density at radius 3 is 2.77 bits per heavy atom. The third-order valence-electron chi connectivity index (χ3n) is 3.62. The molecule has 2 aromatic rings. The average Bonchev–Trinajstić information content (AvgIpc) is 2.89. The van der Waals surface area contributed by atoms with E-state index in [1.165, 1.54) is 5.56 Å². The van der Waals surface area contributed by atoms with Gasteiger partial charge < -0.3 is 4.90 Å². The van der Waals surface area contributed by atoms with Crippen LogP contribution in [0.5, 0.6) is 0 Å². The standard InChI is InChI=1S/C16H21N5S/c1-10(2)5-14-17-7-12-8-21(9-13(12)19-14)15-6-11(3)18-16(20-15)22-4/h6-7,10H,5,8-9H2,1-4H3. The molecule has 0 unspecified atom stereocenters. The van der Waals surface area contributed by atoms with Crippen molar-refractivity contribution in [3.05, 3.63) is 35.0 Å². The van der Waals surface area contributed by atoms with Crippen molar-refractivity contribution in [1.29, 1.82) is 0 Å². The Kier molecular flexibility index (Phi) is 4.29. The maximum Gasteiger partial charge on any atom is 0.189 e. The van der Waals surface area contributed by atoms with Crippen LogP contribution in [0.25, 0.3) is 0 Å². The first-order chi connectivity index (χ1) is 10.5. The third-order valence-corrected chi connectivity index (χ3v) is 4.17. The number of aryl methyl sites for hydroxylation is 1. The lowest BCUT2D eigenvalue weighted by Gasteiger charge is -2.16. The van der Waals surface area contributed by atoms with Crippen LogP contribution in [0.3, 0.4) is 0 Å².